The third kappa shape index (κ3) is 2.18. The SMILES string of the molecule is CC1(C(=O)Nc2cccc(O)c2)CCCC1. The van der Waals surface area contributed by atoms with Crippen LogP contribution in [-0.4, -0.2) is 11.0 Å². The molecule has 1 aliphatic rings. The first-order valence-electron chi connectivity index (χ1n) is 5.71. The molecule has 0 atom stereocenters. The topological polar surface area (TPSA) is 49.3 Å². The summed E-state index contributed by atoms with van der Waals surface area (Å²) in [5.74, 6) is 0.241. The highest BCUT2D eigenvalue weighted by atomic mass is 16.3. The Kier molecular flexibility index (Phi) is 2.86. The fourth-order valence-electron chi connectivity index (χ4n) is 2.25. The van der Waals surface area contributed by atoms with E-state index in [-0.39, 0.29) is 17.1 Å². The van der Waals surface area contributed by atoms with Gasteiger partial charge in [0.15, 0.2) is 0 Å². The second-order valence-electron chi connectivity index (χ2n) is 4.77. The van der Waals surface area contributed by atoms with Gasteiger partial charge in [0.25, 0.3) is 0 Å². The van der Waals surface area contributed by atoms with Crippen LogP contribution < -0.4 is 5.32 Å². The fraction of sp³-hybridized carbons (Fsp3) is 0.462. The molecule has 0 bridgehead atoms. The van der Waals surface area contributed by atoms with Crippen molar-refractivity contribution in [3.05, 3.63) is 24.3 Å². The van der Waals surface area contributed by atoms with Crippen LogP contribution in [0.1, 0.15) is 32.6 Å². The molecule has 86 valence electrons. The maximum atomic E-state index is 12.1. The molecule has 0 radical (unpaired) electrons. The minimum absolute atomic E-state index is 0.0654. The summed E-state index contributed by atoms with van der Waals surface area (Å²) in [6.45, 7) is 2.01. The molecule has 1 aromatic carbocycles. The van der Waals surface area contributed by atoms with E-state index in [4.69, 9.17) is 0 Å². The lowest BCUT2D eigenvalue weighted by Crippen LogP contribution is -2.30. The number of aromatic hydroxyl groups is 1. The number of nitrogens with one attached hydrogen (secondary N) is 1. The molecule has 16 heavy (non-hydrogen) atoms. The number of amides is 1. The first-order valence-corrected chi connectivity index (χ1v) is 5.71. The Morgan fingerprint density at radius 3 is 2.69 bits per heavy atom. The number of phenolic OH excluding ortho intramolecular Hbond substituents is 1. The molecular weight excluding hydrogens is 202 g/mol. The maximum absolute atomic E-state index is 12.1. The van der Waals surface area contributed by atoms with Crippen LogP contribution in [0.3, 0.4) is 0 Å². The highest BCUT2D eigenvalue weighted by molar-refractivity contribution is 5.95. The van der Waals surface area contributed by atoms with Gasteiger partial charge in [0.2, 0.25) is 5.91 Å². The standard InChI is InChI=1S/C13H17NO2/c1-13(7-2-3-8-13)12(16)14-10-5-4-6-11(15)9-10/h4-6,9,15H,2-3,7-8H2,1H3,(H,14,16). The molecule has 0 heterocycles. The lowest BCUT2D eigenvalue weighted by Gasteiger charge is -2.22. The average molecular weight is 219 g/mol. The van der Waals surface area contributed by atoms with E-state index >= 15 is 0 Å². The van der Waals surface area contributed by atoms with Gasteiger partial charge in [-0.25, -0.2) is 0 Å². The molecule has 0 aliphatic heterocycles. The van der Waals surface area contributed by atoms with Gasteiger partial charge in [0.05, 0.1) is 0 Å². The highest BCUT2D eigenvalue weighted by Gasteiger charge is 2.36. The highest BCUT2D eigenvalue weighted by Crippen LogP contribution is 2.38. The second kappa shape index (κ2) is 4.16. The van der Waals surface area contributed by atoms with Crippen LogP contribution in [0.25, 0.3) is 0 Å². The van der Waals surface area contributed by atoms with Crippen molar-refractivity contribution in [2.24, 2.45) is 5.41 Å². The van der Waals surface area contributed by atoms with Crippen molar-refractivity contribution in [2.45, 2.75) is 32.6 Å². The van der Waals surface area contributed by atoms with E-state index in [1.165, 1.54) is 0 Å². The molecule has 0 unspecified atom stereocenters. The summed E-state index contributed by atoms with van der Waals surface area (Å²) in [4.78, 5) is 12.1. The summed E-state index contributed by atoms with van der Waals surface area (Å²) in [6.07, 6.45) is 4.17. The zero-order valence-corrected chi connectivity index (χ0v) is 9.49. The molecule has 2 N–H and O–H groups in total. The molecule has 1 amide bonds. The second-order valence-corrected chi connectivity index (χ2v) is 4.77. The van der Waals surface area contributed by atoms with Gasteiger partial charge in [-0.3, -0.25) is 4.79 Å². The number of hydrogen-bond donors (Lipinski definition) is 2. The number of benzene rings is 1. The van der Waals surface area contributed by atoms with Crippen LogP contribution >= 0.6 is 0 Å². The van der Waals surface area contributed by atoms with Crippen LogP contribution in [0.5, 0.6) is 5.75 Å². The van der Waals surface area contributed by atoms with Crippen LogP contribution in [-0.2, 0) is 4.79 Å². The quantitative estimate of drug-likeness (QED) is 0.803. The molecule has 3 nitrogen and oxygen atoms in total. The van der Waals surface area contributed by atoms with Crippen molar-refractivity contribution < 1.29 is 9.90 Å². The Hall–Kier alpha value is -1.51. The summed E-state index contributed by atoms with van der Waals surface area (Å²) < 4.78 is 0. The minimum atomic E-state index is -0.231. The Morgan fingerprint density at radius 2 is 2.06 bits per heavy atom. The van der Waals surface area contributed by atoms with Crippen molar-refractivity contribution in [1.82, 2.24) is 0 Å². The van der Waals surface area contributed by atoms with Crippen molar-refractivity contribution in [2.75, 3.05) is 5.32 Å². The number of phenols is 1. The van der Waals surface area contributed by atoms with E-state index in [1.54, 1.807) is 24.3 Å². The van der Waals surface area contributed by atoms with Crippen molar-refractivity contribution in [3.63, 3.8) is 0 Å². The molecule has 0 aromatic heterocycles. The molecule has 3 heteroatoms. The molecule has 0 saturated heterocycles. The summed E-state index contributed by atoms with van der Waals surface area (Å²) >= 11 is 0. The van der Waals surface area contributed by atoms with E-state index in [1.807, 2.05) is 6.92 Å². The zero-order chi connectivity index (χ0) is 11.6. The normalized spacial score (nSPS) is 18.3. The molecule has 0 spiro atoms. The lowest BCUT2D eigenvalue weighted by molar-refractivity contribution is -0.124. The Balaban J connectivity index is 2.07. The minimum Gasteiger partial charge on any atom is -0.508 e. The predicted molar refractivity (Wildman–Crippen MR) is 63.3 cm³/mol. The Labute approximate surface area is 95.5 Å². The first-order chi connectivity index (χ1) is 7.60. The van der Waals surface area contributed by atoms with Gasteiger partial charge in [0.1, 0.15) is 5.75 Å². The van der Waals surface area contributed by atoms with Gasteiger partial charge in [0, 0.05) is 17.2 Å². The van der Waals surface area contributed by atoms with Gasteiger partial charge >= 0.3 is 0 Å². The molecule has 1 saturated carbocycles. The largest absolute Gasteiger partial charge is 0.508 e. The summed E-state index contributed by atoms with van der Waals surface area (Å²) in [7, 11) is 0. The van der Waals surface area contributed by atoms with Crippen molar-refractivity contribution in [3.8, 4) is 5.75 Å². The number of carbonyl (C=O) groups is 1. The zero-order valence-electron chi connectivity index (χ0n) is 9.49. The Morgan fingerprint density at radius 1 is 1.38 bits per heavy atom. The fourth-order valence-corrected chi connectivity index (χ4v) is 2.25. The van der Waals surface area contributed by atoms with E-state index in [9.17, 15) is 9.90 Å². The van der Waals surface area contributed by atoms with Crippen LogP contribution in [0, 0.1) is 5.41 Å². The molecule has 2 rings (SSSR count). The van der Waals surface area contributed by atoms with Gasteiger partial charge < -0.3 is 10.4 Å². The molecule has 1 fully saturated rings. The third-order valence-electron chi connectivity index (χ3n) is 3.36. The summed E-state index contributed by atoms with van der Waals surface area (Å²) in [6, 6.07) is 6.67. The van der Waals surface area contributed by atoms with E-state index in [0.717, 1.165) is 25.7 Å². The Bertz CT molecular complexity index is 395. The summed E-state index contributed by atoms with van der Waals surface area (Å²) in [5, 5.41) is 12.2. The smallest absolute Gasteiger partial charge is 0.230 e. The van der Waals surface area contributed by atoms with Gasteiger partial charge in [-0.05, 0) is 25.0 Å². The van der Waals surface area contributed by atoms with Crippen LogP contribution in [0.15, 0.2) is 24.3 Å². The lowest BCUT2D eigenvalue weighted by atomic mass is 9.88. The molecule has 1 aromatic rings. The predicted octanol–water partition coefficient (Wildman–Crippen LogP) is 2.91. The van der Waals surface area contributed by atoms with Gasteiger partial charge in [-0.15, -0.1) is 0 Å². The number of anilines is 1. The number of hydrogen-bond acceptors (Lipinski definition) is 2. The first kappa shape index (κ1) is 11.0. The summed E-state index contributed by atoms with van der Waals surface area (Å²) in [5.41, 5.74) is 0.434. The number of rotatable bonds is 2. The molecular formula is C13H17NO2. The van der Waals surface area contributed by atoms with Crippen LogP contribution in [0.2, 0.25) is 0 Å². The average Bonchev–Trinajstić information content (AvgIpc) is 2.66. The van der Waals surface area contributed by atoms with Crippen molar-refractivity contribution >= 4 is 11.6 Å². The van der Waals surface area contributed by atoms with Gasteiger partial charge in [-0.2, -0.15) is 0 Å². The van der Waals surface area contributed by atoms with Crippen LogP contribution in [0.4, 0.5) is 5.69 Å². The van der Waals surface area contributed by atoms with Gasteiger partial charge in [-0.1, -0.05) is 25.8 Å². The van der Waals surface area contributed by atoms with E-state index < -0.39 is 0 Å². The van der Waals surface area contributed by atoms with E-state index in [2.05, 4.69) is 5.32 Å². The van der Waals surface area contributed by atoms with Crippen molar-refractivity contribution in [1.29, 1.82) is 0 Å². The maximum Gasteiger partial charge on any atom is 0.230 e. The number of carbonyl (C=O) groups excluding carboxylic acids is 1. The molecule has 1 aliphatic carbocycles. The third-order valence-corrected chi connectivity index (χ3v) is 3.36. The van der Waals surface area contributed by atoms with E-state index in [0.29, 0.717) is 5.69 Å². The monoisotopic (exact) mass is 219 g/mol.